The highest BCUT2D eigenvalue weighted by molar-refractivity contribution is 5.73. The Kier molecular flexibility index (Phi) is 4.76. The summed E-state index contributed by atoms with van der Waals surface area (Å²) in [5.41, 5.74) is 0.914. The lowest BCUT2D eigenvalue weighted by molar-refractivity contribution is -0.145. The molecule has 0 radical (unpaired) electrons. The summed E-state index contributed by atoms with van der Waals surface area (Å²) in [6.07, 6.45) is 2.74. The average Bonchev–Trinajstić information content (AvgIpc) is 2.83. The number of benzene rings is 1. The third-order valence-corrected chi connectivity index (χ3v) is 2.84. The molecule has 1 aromatic carbocycles. The van der Waals surface area contributed by atoms with Gasteiger partial charge in [0.15, 0.2) is 0 Å². The highest BCUT2D eigenvalue weighted by Crippen LogP contribution is 2.06. The standard InChI is InChI=1S/C15H17NO4/c1-12(7-8-16-9-10-19-15(16)18)20-14(17)11-13-5-3-2-4-6-13/h2-8,12H,9-11H2,1H3/b8-7+. The third-order valence-electron chi connectivity index (χ3n) is 2.84. The smallest absolute Gasteiger partial charge is 0.413 e. The number of hydrogen-bond donors (Lipinski definition) is 0. The van der Waals surface area contributed by atoms with E-state index in [0.29, 0.717) is 13.2 Å². The molecule has 2 rings (SSSR count). The van der Waals surface area contributed by atoms with Crippen molar-refractivity contribution in [3.8, 4) is 0 Å². The molecule has 1 aromatic rings. The Labute approximate surface area is 117 Å². The van der Waals surface area contributed by atoms with E-state index in [0.717, 1.165) is 5.56 Å². The van der Waals surface area contributed by atoms with Crippen molar-refractivity contribution >= 4 is 12.1 Å². The molecule has 0 aromatic heterocycles. The number of hydrogen-bond acceptors (Lipinski definition) is 4. The van der Waals surface area contributed by atoms with E-state index in [1.165, 1.54) is 4.90 Å². The van der Waals surface area contributed by atoms with Crippen LogP contribution in [0.3, 0.4) is 0 Å². The van der Waals surface area contributed by atoms with Gasteiger partial charge in [-0.25, -0.2) is 4.79 Å². The van der Waals surface area contributed by atoms with Crippen LogP contribution in [0.4, 0.5) is 4.79 Å². The first-order chi connectivity index (χ1) is 9.65. The summed E-state index contributed by atoms with van der Waals surface area (Å²) in [5, 5.41) is 0. The van der Waals surface area contributed by atoms with E-state index in [2.05, 4.69) is 0 Å². The fourth-order valence-electron chi connectivity index (χ4n) is 1.82. The van der Waals surface area contributed by atoms with Crippen LogP contribution in [0.2, 0.25) is 0 Å². The molecule has 5 nitrogen and oxygen atoms in total. The van der Waals surface area contributed by atoms with E-state index in [1.807, 2.05) is 30.3 Å². The van der Waals surface area contributed by atoms with Crippen molar-refractivity contribution in [1.29, 1.82) is 0 Å². The minimum atomic E-state index is -0.389. The number of ether oxygens (including phenoxy) is 2. The van der Waals surface area contributed by atoms with Crippen molar-refractivity contribution in [2.45, 2.75) is 19.4 Å². The normalized spacial score (nSPS) is 16.2. The van der Waals surface area contributed by atoms with Crippen LogP contribution in [0, 0.1) is 0 Å². The molecule has 1 atom stereocenters. The Bertz CT molecular complexity index is 498. The first kappa shape index (κ1) is 14.1. The van der Waals surface area contributed by atoms with Crippen molar-refractivity contribution < 1.29 is 19.1 Å². The second-order valence-electron chi connectivity index (χ2n) is 4.51. The Morgan fingerprint density at radius 2 is 2.20 bits per heavy atom. The summed E-state index contributed by atoms with van der Waals surface area (Å²) < 4.78 is 10.0. The second-order valence-corrected chi connectivity index (χ2v) is 4.51. The lowest BCUT2D eigenvalue weighted by atomic mass is 10.1. The summed E-state index contributed by atoms with van der Waals surface area (Å²) >= 11 is 0. The summed E-state index contributed by atoms with van der Waals surface area (Å²) in [7, 11) is 0. The number of cyclic esters (lactones) is 1. The van der Waals surface area contributed by atoms with Crippen LogP contribution in [0.15, 0.2) is 42.6 Å². The number of carbonyl (C=O) groups is 2. The predicted octanol–water partition coefficient (Wildman–Crippen LogP) is 2.13. The van der Waals surface area contributed by atoms with Gasteiger partial charge in [0.05, 0.1) is 13.0 Å². The minimum absolute atomic E-state index is 0.241. The van der Waals surface area contributed by atoms with Gasteiger partial charge in [-0.3, -0.25) is 9.69 Å². The Morgan fingerprint density at radius 3 is 2.85 bits per heavy atom. The Balaban J connectivity index is 1.79. The number of carbonyl (C=O) groups excluding carboxylic acids is 2. The van der Waals surface area contributed by atoms with Gasteiger partial charge in [-0.1, -0.05) is 30.3 Å². The molecule has 5 heteroatoms. The molecular formula is C15H17NO4. The summed E-state index contributed by atoms with van der Waals surface area (Å²) in [4.78, 5) is 24.4. The molecule has 1 saturated heterocycles. The molecule has 1 heterocycles. The molecule has 1 unspecified atom stereocenters. The maximum atomic E-state index is 11.7. The van der Waals surface area contributed by atoms with E-state index in [9.17, 15) is 9.59 Å². The van der Waals surface area contributed by atoms with E-state index < -0.39 is 0 Å². The number of amides is 1. The number of esters is 1. The maximum Gasteiger partial charge on any atom is 0.413 e. The second kappa shape index (κ2) is 6.75. The predicted molar refractivity (Wildman–Crippen MR) is 72.9 cm³/mol. The molecule has 0 saturated carbocycles. The first-order valence-electron chi connectivity index (χ1n) is 6.50. The first-order valence-corrected chi connectivity index (χ1v) is 6.50. The monoisotopic (exact) mass is 275 g/mol. The summed E-state index contributed by atoms with van der Waals surface area (Å²) in [6.45, 7) is 2.67. The van der Waals surface area contributed by atoms with Gasteiger partial charge in [-0.05, 0) is 18.6 Å². The van der Waals surface area contributed by atoms with Crippen molar-refractivity contribution in [1.82, 2.24) is 4.90 Å². The Morgan fingerprint density at radius 1 is 1.45 bits per heavy atom. The van der Waals surface area contributed by atoms with Crippen molar-refractivity contribution in [3.63, 3.8) is 0 Å². The summed E-state index contributed by atoms with van der Waals surface area (Å²) in [6, 6.07) is 9.41. The van der Waals surface area contributed by atoms with Crippen LogP contribution in [-0.4, -0.2) is 36.2 Å². The van der Waals surface area contributed by atoms with Crippen molar-refractivity contribution in [3.05, 3.63) is 48.2 Å². The van der Waals surface area contributed by atoms with Gasteiger partial charge in [0, 0.05) is 6.20 Å². The van der Waals surface area contributed by atoms with E-state index >= 15 is 0 Å². The molecule has 0 bridgehead atoms. The largest absolute Gasteiger partial charge is 0.458 e. The van der Waals surface area contributed by atoms with Gasteiger partial charge in [0.2, 0.25) is 0 Å². The van der Waals surface area contributed by atoms with Crippen molar-refractivity contribution in [2.75, 3.05) is 13.2 Å². The van der Waals surface area contributed by atoms with E-state index in [4.69, 9.17) is 9.47 Å². The van der Waals surface area contributed by atoms with Crippen LogP contribution >= 0.6 is 0 Å². The molecular weight excluding hydrogens is 258 g/mol. The number of rotatable bonds is 5. The fourth-order valence-corrected chi connectivity index (χ4v) is 1.82. The summed E-state index contributed by atoms with van der Waals surface area (Å²) in [5.74, 6) is -0.294. The van der Waals surface area contributed by atoms with Gasteiger partial charge in [0.1, 0.15) is 12.7 Å². The molecule has 1 aliphatic rings. The lowest BCUT2D eigenvalue weighted by Gasteiger charge is -2.11. The highest BCUT2D eigenvalue weighted by Gasteiger charge is 2.19. The van der Waals surface area contributed by atoms with Crippen LogP contribution in [0.5, 0.6) is 0 Å². The van der Waals surface area contributed by atoms with Crippen LogP contribution in [0.1, 0.15) is 12.5 Å². The topological polar surface area (TPSA) is 55.8 Å². The van der Waals surface area contributed by atoms with Gasteiger partial charge >= 0.3 is 12.1 Å². The lowest BCUT2D eigenvalue weighted by Crippen LogP contribution is -2.19. The van der Waals surface area contributed by atoms with Gasteiger partial charge in [-0.15, -0.1) is 0 Å². The number of nitrogens with zero attached hydrogens (tertiary/aromatic N) is 1. The molecule has 1 aliphatic heterocycles. The molecule has 1 fully saturated rings. The zero-order chi connectivity index (χ0) is 14.4. The molecule has 0 N–H and O–H groups in total. The van der Waals surface area contributed by atoms with Gasteiger partial charge in [0.25, 0.3) is 0 Å². The molecule has 0 aliphatic carbocycles. The zero-order valence-corrected chi connectivity index (χ0v) is 11.3. The van der Waals surface area contributed by atoms with Gasteiger partial charge in [-0.2, -0.15) is 0 Å². The van der Waals surface area contributed by atoms with Crippen LogP contribution in [0.25, 0.3) is 0 Å². The van der Waals surface area contributed by atoms with E-state index in [1.54, 1.807) is 19.2 Å². The molecule has 106 valence electrons. The average molecular weight is 275 g/mol. The molecule has 1 amide bonds. The van der Waals surface area contributed by atoms with Crippen LogP contribution in [-0.2, 0) is 20.7 Å². The quantitative estimate of drug-likeness (QED) is 0.772. The highest BCUT2D eigenvalue weighted by atomic mass is 16.6. The zero-order valence-electron chi connectivity index (χ0n) is 11.3. The third kappa shape index (κ3) is 4.12. The van der Waals surface area contributed by atoms with Gasteiger partial charge < -0.3 is 9.47 Å². The molecule has 20 heavy (non-hydrogen) atoms. The SMILES string of the molecule is CC(/C=C/N1CCOC1=O)OC(=O)Cc1ccccc1. The van der Waals surface area contributed by atoms with Crippen molar-refractivity contribution in [2.24, 2.45) is 0 Å². The Hall–Kier alpha value is -2.30. The maximum absolute atomic E-state index is 11.7. The molecule has 0 spiro atoms. The minimum Gasteiger partial charge on any atom is -0.458 e. The van der Waals surface area contributed by atoms with E-state index in [-0.39, 0.29) is 24.6 Å². The van der Waals surface area contributed by atoms with Crippen LogP contribution < -0.4 is 0 Å². The fraction of sp³-hybridized carbons (Fsp3) is 0.333.